The van der Waals surface area contributed by atoms with Crippen LogP contribution in [-0.4, -0.2) is 28.7 Å². The van der Waals surface area contributed by atoms with Gasteiger partial charge in [0.05, 0.1) is 12.5 Å². The number of aryl methyl sites for hydroxylation is 1. The van der Waals surface area contributed by atoms with Crippen LogP contribution < -0.4 is 21.1 Å². The van der Waals surface area contributed by atoms with E-state index in [1.165, 1.54) is 10.8 Å². The van der Waals surface area contributed by atoms with Crippen LogP contribution in [-0.2, 0) is 11.3 Å². The van der Waals surface area contributed by atoms with Crippen LogP contribution in [0.25, 0.3) is 16.8 Å². The minimum absolute atomic E-state index is 0.0677. The fraction of sp³-hybridized carbons (Fsp3) is 0.182. The number of ether oxygens (including phenoxy) is 1. The number of hydrogen-bond acceptors (Lipinski definition) is 5. The molecule has 2 amide bonds. The molecule has 154 valence electrons. The van der Waals surface area contributed by atoms with Crippen molar-refractivity contribution in [1.29, 1.82) is 0 Å². The molecule has 8 nitrogen and oxygen atoms in total. The first kappa shape index (κ1) is 20.8. The summed E-state index contributed by atoms with van der Waals surface area (Å²) in [4.78, 5) is 37.2. The van der Waals surface area contributed by atoms with Crippen molar-refractivity contribution in [2.45, 2.75) is 19.9 Å². The highest BCUT2D eigenvalue weighted by molar-refractivity contribution is 6.05. The Balaban J connectivity index is 1.73. The average molecular weight is 406 g/mol. The lowest BCUT2D eigenvalue weighted by Gasteiger charge is -2.10. The number of carbonyl (C=O) groups excluding carboxylic acids is 2. The third-order valence-electron chi connectivity index (χ3n) is 4.36. The number of hydrazine groups is 1. The van der Waals surface area contributed by atoms with E-state index in [2.05, 4.69) is 16.0 Å². The van der Waals surface area contributed by atoms with Crippen molar-refractivity contribution in [1.82, 2.24) is 20.6 Å². The number of carbonyl (C=O) groups is 2. The average Bonchev–Trinajstić information content (AvgIpc) is 2.78. The Morgan fingerprint density at radius 2 is 1.77 bits per heavy atom. The number of nitrogens with one attached hydrogen (secondary N) is 2. The van der Waals surface area contributed by atoms with Gasteiger partial charge in [-0.3, -0.25) is 25.2 Å². The van der Waals surface area contributed by atoms with E-state index in [4.69, 9.17) is 4.74 Å². The first-order valence-corrected chi connectivity index (χ1v) is 9.45. The van der Waals surface area contributed by atoms with Gasteiger partial charge in [-0.15, -0.1) is 0 Å². The summed E-state index contributed by atoms with van der Waals surface area (Å²) in [6.07, 6.45) is 3.60. The van der Waals surface area contributed by atoms with Gasteiger partial charge in [0.25, 0.3) is 17.4 Å². The highest BCUT2D eigenvalue weighted by Gasteiger charge is 2.16. The molecule has 1 heterocycles. The monoisotopic (exact) mass is 406 g/mol. The van der Waals surface area contributed by atoms with Gasteiger partial charge in [0.15, 0.2) is 5.69 Å². The minimum Gasteiger partial charge on any atom is -0.497 e. The second-order valence-electron chi connectivity index (χ2n) is 6.47. The molecule has 0 aliphatic rings. The third kappa shape index (κ3) is 4.72. The zero-order valence-corrected chi connectivity index (χ0v) is 16.7. The molecule has 0 aliphatic heterocycles. The molecule has 0 saturated heterocycles. The molecule has 2 aromatic carbocycles. The fourth-order valence-electron chi connectivity index (χ4n) is 2.87. The largest absolute Gasteiger partial charge is 0.497 e. The molecule has 8 heteroatoms. The SMILES string of the molecule is CCCn1nc(C(=O)NNC(=O)/C=C/c2ccc(OC)cc2)c2ccccc2c1=O. The molecule has 1 aromatic heterocycles. The Kier molecular flexibility index (Phi) is 6.59. The van der Waals surface area contributed by atoms with E-state index in [0.717, 1.165) is 5.56 Å². The molecule has 0 fully saturated rings. The Labute approximate surface area is 173 Å². The summed E-state index contributed by atoms with van der Waals surface area (Å²) < 4.78 is 6.35. The lowest BCUT2D eigenvalue weighted by atomic mass is 10.1. The Morgan fingerprint density at radius 3 is 2.43 bits per heavy atom. The maximum atomic E-state index is 12.6. The summed E-state index contributed by atoms with van der Waals surface area (Å²) in [5.41, 5.74) is 5.29. The highest BCUT2D eigenvalue weighted by Crippen LogP contribution is 2.13. The standard InChI is InChI=1S/C22H22N4O4/c1-3-14-26-22(29)18-7-5-4-6-17(18)20(25-26)21(28)24-23-19(27)13-10-15-8-11-16(30-2)12-9-15/h4-13H,3,14H2,1-2H3,(H,23,27)(H,24,28)/b13-10+. The van der Waals surface area contributed by atoms with Gasteiger partial charge in [0.1, 0.15) is 5.75 Å². The second-order valence-corrected chi connectivity index (χ2v) is 6.47. The molecule has 3 rings (SSSR count). The molecule has 0 spiro atoms. The van der Waals surface area contributed by atoms with Crippen LogP contribution in [0.3, 0.4) is 0 Å². The molecular formula is C22H22N4O4. The molecule has 0 bridgehead atoms. The number of hydrogen-bond donors (Lipinski definition) is 2. The second kappa shape index (κ2) is 9.51. The van der Waals surface area contributed by atoms with E-state index in [0.29, 0.717) is 29.5 Å². The topological polar surface area (TPSA) is 102 Å². The molecule has 0 saturated carbocycles. The zero-order chi connectivity index (χ0) is 21.5. The van der Waals surface area contributed by atoms with Crippen molar-refractivity contribution >= 4 is 28.7 Å². The van der Waals surface area contributed by atoms with Crippen molar-refractivity contribution in [2.75, 3.05) is 7.11 Å². The summed E-state index contributed by atoms with van der Waals surface area (Å²) in [5.74, 6) is -0.402. The van der Waals surface area contributed by atoms with E-state index in [-0.39, 0.29) is 11.3 Å². The van der Waals surface area contributed by atoms with Crippen molar-refractivity contribution < 1.29 is 14.3 Å². The number of fused-ring (bicyclic) bond motifs is 1. The zero-order valence-electron chi connectivity index (χ0n) is 16.7. The third-order valence-corrected chi connectivity index (χ3v) is 4.36. The van der Waals surface area contributed by atoms with Crippen LogP contribution in [0.5, 0.6) is 5.75 Å². The summed E-state index contributed by atoms with van der Waals surface area (Å²) in [5, 5.41) is 5.02. The predicted octanol–water partition coefficient (Wildman–Crippen LogP) is 2.29. The maximum Gasteiger partial charge on any atom is 0.290 e. The number of rotatable bonds is 6. The van der Waals surface area contributed by atoms with Gasteiger partial charge in [0, 0.05) is 18.0 Å². The molecule has 0 atom stereocenters. The molecule has 0 unspecified atom stereocenters. The number of methoxy groups -OCH3 is 1. The highest BCUT2D eigenvalue weighted by atomic mass is 16.5. The van der Waals surface area contributed by atoms with Gasteiger partial charge in [-0.25, -0.2) is 4.68 Å². The normalized spacial score (nSPS) is 10.9. The van der Waals surface area contributed by atoms with Crippen molar-refractivity contribution in [3.05, 3.63) is 76.2 Å². The molecular weight excluding hydrogens is 384 g/mol. The van der Waals surface area contributed by atoms with Crippen LogP contribution in [0.1, 0.15) is 29.4 Å². The van der Waals surface area contributed by atoms with E-state index >= 15 is 0 Å². The van der Waals surface area contributed by atoms with Crippen molar-refractivity contribution in [3.8, 4) is 5.75 Å². The molecule has 2 N–H and O–H groups in total. The number of amides is 2. The lowest BCUT2D eigenvalue weighted by molar-refractivity contribution is -0.117. The van der Waals surface area contributed by atoms with Crippen LogP contribution >= 0.6 is 0 Å². The smallest absolute Gasteiger partial charge is 0.290 e. The van der Waals surface area contributed by atoms with E-state index in [1.54, 1.807) is 61.7 Å². The summed E-state index contributed by atoms with van der Waals surface area (Å²) >= 11 is 0. The van der Waals surface area contributed by atoms with Crippen LogP contribution in [0.2, 0.25) is 0 Å². The van der Waals surface area contributed by atoms with Crippen LogP contribution in [0.4, 0.5) is 0 Å². The summed E-state index contributed by atoms with van der Waals surface area (Å²) in [7, 11) is 1.58. The van der Waals surface area contributed by atoms with Gasteiger partial charge in [0.2, 0.25) is 0 Å². The Hall–Kier alpha value is -3.94. The summed E-state index contributed by atoms with van der Waals surface area (Å²) in [6.45, 7) is 2.30. The molecule has 0 aliphatic carbocycles. The quantitative estimate of drug-likeness (QED) is 0.483. The molecule has 3 aromatic rings. The van der Waals surface area contributed by atoms with E-state index in [1.807, 2.05) is 6.92 Å². The number of aromatic nitrogens is 2. The first-order valence-electron chi connectivity index (χ1n) is 9.45. The molecule has 0 radical (unpaired) electrons. The number of benzene rings is 2. The minimum atomic E-state index is -0.609. The van der Waals surface area contributed by atoms with Gasteiger partial charge in [-0.2, -0.15) is 5.10 Å². The van der Waals surface area contributed by atoms with Crippen molar-refractivity contribution in [3.63, 3.8) is 0 Å². The van der Waals surface area contributed by atoms with Gasteiger partial charge in [-0.05, 0) is 36.3 Å². The van der Waals surface area contributed by atoms with Crippen LogP contribution in [0.15, 0.2) is 59.4 Å². The Morgan fingerprint density at radius 1 is 1.07 bits per heavy atom. The van der Waals surface area contributed by atoms with Gasteiger partial charge in [-0.1, -0.05) is 37.3 Å². The van der Waals surface area contributed by atoms with E-state index in [9.17, 15) is 14.4 Å². The number of nitrogens with zero attached hydrogens (tertiary/aromatic N) is 2. The predicted molar refractivity (Wildman–Crippen MR) is 114 cm³/mol. The van der Waals surface area contributed by atoms with Crippen LogP contribution in [0, 0.1) is 0 Å². The fourth-order valence-corrected chi connectivity index (χ4v) is 2.87. The Bertz CT molecular complexity index is 1150. The maximum absolute atomic E-state index is 12.6. The van der Waals surface area contributed by atoms with Gasteiger partial charge >= 0.3 is 0 Å². The summed E-state index contributed by atoms with van der Waals surface area (Å²) in [6, 6.07) is 13.9. The van der Waals surface area contributed by atoms with E-state index < -0.39 is 11.8 Å². The molecule has 30 heavy (non-hydrogen) atoms. The van der Waals surface area contributed by atoms with Crippen molar-refractivity contribution in [2.24, 2.45) is 0 Å². The van der Waals surface area contributed by atoms with Gasteiger partial charge < -0.3 is 4.74 Å². The first-order chi connectivity index (χ1) is 14.5. The lowest BCUT2D eigenvalue weighted by Crippen LogP contribution is -2.42.